The van der Waals surface area contributed by atoms with Crippen LogP contribution in [-0.4, -0.2) is 41.2 Å². The quantitative estimate of drug-likeness (QED) is 0.730. The van der Waals surface area contributed by atoms with E-state index in [1.54, 1.807) is 0 Å². The first-order chi connectivity index (χ1) is 14.7. The zero-order chi connectivity index (χ0) is 20.8. The van der Waals surface area contributed by atoms with Gasteiger partial charge in [-0.2, -0.15) is 0 Å². The average Bonchev–Trinajstić information content (AvgIpc) is 3.28. The SMILES string of the molecule is O=C(NCc1ccc(CN2CCC(O)CC2)cc1)c1ccc(OC2CCCC2)cc1. The van der Waals surface area contributed by atoms with Crippen molar-refractivity contribution in [2.45, 2.75) is 63.8 Å². The smallest absolute Gasteiger partial charge is 0.251 e. The standard InChI is InChI=1S/C25H32N2O3/c28-22-13-15-27(16-14-22)18-20-7-5-19(6-8-20)17-26-25(29)21-9-11-24(12-10-21)30-23-3-1-2-4-23/h5-12,22-23,28H,1-4,13-18H2,(H,26,29). The number of nitrogens with one attached hydrogen (secondary N) is 1. The molecule has 2 N–H and O–H groups in total. The number of aliphatic hydroxyl groups is 1. The van der Waals surface area contributed by atoms with E-state index >= 15 is 0 Å². The summed E-state index contributed by atoms with van der Waals surface area (Å²) in [6.07, 6.45) is 6.65. The molecular formula is C25H32N2O3. The van der Waals surface area contributed by atoms with Gasteiger partial charge in [-0.1, -0.05) is 24.3 Å². The van der Waals surface area contributed by atoms with E-state index < -0.39 is 0 Å². The summed E-state index contributed by atoms with van der Waals surface area (Å²) in [6.45, 7) is 3.32. The minimum Gasteiger partial charge on any atom is -0.490 e. The molecule has 1 amide bonds. The van der Waals surface area contributed by atoms with Crippen molar-refractivity contribution in [3.63, 3.8) is 0 Å². The fourth-order valence-corrected chi connectivity index (χ4v) is 4.27. The lowest BCUT2D eigenvalue weighted by molar-refractivity contribution is 0.0792. The number of piperidine rings is 1. The molecule has 30 heavy (non-hydrogen) atoms. The largest absolute Gasteiger partial charge is 0.490 e. The van der Waals surface area contributed by atoms with Crippen molar-refractivity contribution in [2.24, 2.45) is 0 Å². The Hall–Kier alpha value is -2.37. The highest BCUT2D eigenvalue weighted by Gasteiger charge is 2.17. The second-order valence-corrected chi connectivity index (χ2v) is 8.56. The van der Waals surface area contributed by atoms with E-state index in [-0.39, 0.29) is 12.0 Å². The number of rotatable bonds is 7. The third-order valence-electron chi connectivity index (χ3n) is 6.16. The number of aliphatic hydroxyl groups excluding tert-OH is 1. The molecule has 1 heterocycles. The summed E-state index contributed by atoms with van der Waals surface area (Å²) in [4.78, 5) is 14.8. The van der Waals surface area contributed by atoms with E-state index in [0.29, 0.717) is 18.2 Å². The fourth-order valence-electron chi connectivity index (χ4n) is 4.27. The molecule has 0 atom stereocenters. The number of benzene rings is 2. The van der Waals surface area contributed by atoms with Crippen LogP contribution in [0.25, 0.3) is 0 Å². The highest BCUT2D eigenvalue weighted by Crippen LogP contribution is 2.24. The first-order valence-corrected chi connectivity index (χ1v) is 11.2. The molecule has 1 saturated heterocycles. The van der Waals surface area contributed by atoms with Gasteiger partial charge in [-0.15, -0.1) is 0 Å². The molecule has 1 aliphatic heterocycles. The van der Waals surface area contributed by atoms with Crippen molar-refractivity contribution in [3.05, 3.63) is 65.2 Å². The number of hydrogen-bond acceptors (Lipinski definition) is 4. The van der Waals surface area contributed by atoms with Gasteiger partial charge in [0.15, 0.2) is 0 Å². The Morgan fingerprint density at radius 1 is 0.933 bits per heavy atom. The molecule has 5 heteroatoms. The summed E-state index contributed by atoms with van der Waals surface area (Å²) >= 11 is 0. The van der Waals surface area contributed by atoms with Crippen LogP contribution < -0.4 is 10.1 Å². The van der Waals surface area contributed by atoms with Crippen LogP contribution in [0.4, 0.5) is 0 Å². The number of carbonyl (C=O) groups is 1. The van der Waals surface area contributed by atoms with Gasteiger partial charge in [0.2, 0.25) is 0 Å². The van der Waals surface area contributed by atoms with Gasteiger partial charge in [0.25, 0.3) is 5.91 Å². The van der Waals surface area contributed by atoms with Crippen molar-refractivity contribution >= 4 is 5.91 Å². The predicted molar refractivity (Wildman–Crippen MR) is 117 cm³/mol. The van der Waals surface area contributed by atoms with Gasteiger partial charge in [-0.05, 0) is 73.9 Å². The Bertz CT molecular complexity index is 805. The lowest BCUT2D eigenvalue weighted by Crippen LogP contribution is -2.35. The molecule has 0 bridgehead atoms. The third kappa shape index (κ3) is 5.83. The Morgan fingerprint density at radius 2 is 1.57 bits per heavy atom. The Morgan fingerprint density at radius 3 is 2.23 bits per heavy atom. The van der Waals surface area contributed by atoms with Gasteiger partial charge < -0.3 is 15.2 Å². The summed E-state index contributed by atoms with van der Waals surface area (Å²) in [7, 11) is 0. The summed E-state index contributed by atoms with van der Waals surface area (Å²) in [5.74, 6) is 0.774. The first kappa shape index (κ1) is 20.9. The number of ether oxygens (including phenoxy) is 1. The van der Waals surface area contributed by atoms with Crippen LogP contribution >= 0.6 is 0 Å². The zero-order valence-corrected chi connectivity index (χ0v) is 17.6. The van der Waals surface area contributed by atoms with Crippen LogP contribution in [0.3, 0.4) is 0 Å². The zero-order valence-electron chi connectivity index (χ0n) is 17.6. The number of nitrogens with zero attached hydrogens (tertiary/aromatic N) is 1. The molecule has 0 unspecified atom stereocenters. The number of carbonyl (C=O) groups excluding carboxylic acids is 1. The van der Waals surface area contributed by atoms with Crippen LogP contribution in [0.5, 0.6) is 5.75 Å². The van der Waals surface area contributed by atoms with Crippen LogP contribution in [0.1, 0.15) is 60.0 Å². The second-order valence-electron chi connectivity index (χ2n) is 8.56. The van der Waals surface area contributed by atoms with Crippen molar-refractivity contribution in [1.82, 2.24) is 10.2 Å². The maximum Gasteiger partial charge on any atom is 0.251 e. The fraction of sp³-hybridized carbons (Fsp3) is 0.480. The molecule has 4 rings (SSSR count). The predicted octanol–water partition coefficient (Wildman–Crippen LogP) is 3.89. The van der Waals surface area contributed by atoms with E-state index in [1.807, 2.05) is 24.3 Å². The average molecular weight is 409 g/mol. The van der Waals surface area contributed by atoms with E-state index in [1.165, 1.54) is 18.4 Å². The molecule has 2 fully saturated rings. The van der Waals surface area contributed by atoms with Crippen LogP contribution in [0.2, 0.25) is 0 Å². The van der Waals surface area contributed by atoms with E-state index in [2.05, 4.69) is 34.5 Å². The minimum atomic E-state index is -0.136. The summed E-state index contributed by atoms with van der Waals surface area (Å²) in [5.41, 5.74) is 3.00. The highest BCUT2D eigenvalue weighted by atomic mass is 16.5. The van der Waals surface area contributed by atoms with E-state index in [0.717, 1.165) is 56.6 Å². The van der Waals surface area contributed by atoms with Crippen LogP contribution in [-0.2, 0) is 13.1 Å². The van der Waals surface area contributed by atoms with Crippen LogP contribution in [0, 0.1) is 0 Å². The Balaban J connectivity index is 1.23. The molecular weight excluding hydrogens is 376 g/mol. The highest BCUT2D eigenvalue weighted by molar-refractivity contribution is 5.94. The molecule has 0 spiro atoms. The molecule has 0 aromatic heterocycles. The molecule has 1 aliphatic carbocycles. The summed E-state index contributed by atoms with van der Waals surface area (Å²) in [6, 6.07) is 15.9. The van der Waals surface area contributed by atoms with Gasteiger partial charge in [-0.3, -0.25) is 9.69 Å². The van der Waals surface area contributed by atoms with E-state index in [4.69, 9.17) is 4.74 Å². The lowest BCUT2D eigenvalue weighted by atomic mass is 10.1. The molecule has 5 nitrogen and oxygen atoms in total. The maximum absolute atomic E-state index is 12.5. The molecule has 1 saturated carbocycles. The third-order valence-corrected chi connectivity index (χ3v) is 6.16. The number of likely N-dealkylation sites (tertiary alicyclic amines) is 1. The van der Waals surface area contributed by atoms with Crippen molar-refractivity contribution < 1.29 is 14.6 Å². The van der Waals surface area contributed by atoms with E-state index in [9.17, 15) is 9.90 Å². The maximum atomic E-state index is 12.5. The van der Waals surface area contributed by atoms with Crippen molar-refractivity contribution in [2.75, 3.05) is 13.1 Å². The van der Waals surface area contributed by atoms with Gasteiger partial charge in [0.1, 0.15) is 5.75 Å². The van der Waals surface area contributed by atoms with Crippen molar-refractivity contribution in [3.8, 4) is 5.75 Å². The van der Waals surface area contributed by atoms with Gasteiger partial charge in [-0.25, -0.2) is 0 Å². The normalized spacial score (nSPS) is 18.4. The lowest BCUT2D eigenvalue weighted by Gasteiger charge is -2.29. The van der Waals surface area contributed by atoms with Gasteiger partial charge >= 0.3 is 0 Å². The molecule has 160 valence electrons. The van der Waals surface area contributed by atoms with Crippen LogP contribution in [0.15, 0.2) is 48.5 Å². The van der Waals surface area contributed by atoms with Crippen molar-refractivity contribution in [1.29, 1.82) is 0 Å². The summed E-state index contributed by atoms with van der Waals surface area (Å²) in [5, 5.41) is 12.6. The Labute approximate surface area is 179 Å². The molecule has 2 aromatic rings. The topological polar surface area (TPSA) is 61.8 Å². The van der Waals surface area contributed by atoms with Gasteiger partial charge in [0.05, 0.1) is 12.2 Å². The minimum absolute atomic E-state index is 0.0710. The number of hydrogen-bond donors (Lipinski definition) is 2. The molecule has 2 aromatic carbocycles. The summed E-state index contributed by atoms with van der Waals surface area (Å²) < 4.78 is 5.96. The molecule has 0 radical (unpaired) electrons. The first-order valence-electron chi connectivity index (χ1n) is 11.2. The molecule has 2 aliphatic rings. The number of amides is 1. The second kappa shape index (κ2) is 10.1. The van der Waals surface area contributed by atoms with Gasteiger partial charge in [0, 0.05) is 31.7 Å². The Kier molecular flexibility index (Phi) is 7.03. The monoisotopic (exact) mass is 408 g/mol.